The van der Waals surface area contributed by atoms with Gasteiger partial charge >= 0.3 is 6.09 Å². The highest BCUT2D eigenvalue weighted by Crippen LogP contribution is 2.41. The number of benzene rings is 4. The molecular weight excluding hydrogens is 787 g/mol. The van der Waals surface area contributed by atoms with E-state index in [0.717, 1.165) is 16.0 Å². The average molecular weight is 830 g/mol. The number of nitriles is 1. The summed E-state index contributed by atoms with van der Waals surface area (Å²) in [4.78, 5) is 57.4. The number of nitrogens with zero attached hydrogens (tertiary/aromatic N) is 2. The van der Waals surface area contributed by atoms with E-state index in [4.69, 9.17) is 14.2 Å². The van der Waals surface area contributed by atoms with E-state index in [1.807, 2.05) is 57.2 Å². The molecule has 0 radical (unpaired) electrons. The van der Waals surface area contributed by atoms with Gasteiger partial charge in [-0.25, -0.2) is 4.79 Å². The van der Waals surface area contributed by atoms with E-state index in [2.05, 4.69) is 22.0 Å². The number of carbonyl (C=O) groups is 4. The Morgan fingerprint density at radius 2 is 1.63 bits per heavy atom. The zero-order valence-electron chi connectivity index (χ0n) is 33.2. The molecule has 4 aromatic carbocycles. The first kappa shape index (κ1) is 42.1. The van der Waals surface area contributed by atoms with Crippen molar-refractivity contribution in [1.29, 1.82) is 5.26 Å². The molecule has 0 aliphatic carbocycles. The molecule has 0 spiro atoms. The van der Waals surface area contributed by atoms with Crippen LogP contribution >= 0.6 is 23.1 Å². The third-order valence-electron chi connectivity index (χ3n) is 9.01. The summed E-state index contributed by atoms with van der Waals surface area (Å²) in [6.45, 7) is 6.10. The van der Waals surface area contributed by atoms with Gasteiger partial charge in [0.2, 0.25) is 5.91 Å². The zero-order valence-corrected chi connectivity index (χ0v) is 34.8. The van der Waals surface area contributed by atoms with Gasteiger partial charge in [0.15, 0.2) is 0 Å². The van der Waals surface area contributed by atoms with Gasteiger partial charge in [0.05, 0.1) is 26.3 Å². The fourth-order valence-corrected chi connectivity index (χ4v) is 8.50. The summed E-state index contributed by atoms with van der Waals surface area (Å²) in [6.07, 6.45) is 1.54. The predicted molar refractivity (Wildman–Crippen MR) is 230 cm³/mol. The lowest BCUT2D eigenvalue weighted by atomic mass is 10.0. The Morgan fingerprint density at radius 1 is 0.898 bits per heavy atom. The summed E-state index contributed by atoms with van der Waals surface area (Å²) in [7, 11) is 3.03. The van der Waals surface area contributed by atoms with Crippen LogP contribution in [0, 0.1) is 11.3 Å². The molecule has 1 aliphatic heterocycles. The Bertz CT molecular complexity index is 2420. The van der Waals surface area contributed by atoms with E-state index in [1.165, 1.54) is 43.4 Å². The molecule has 4 amide bonds. The highest BCUT2D eigenvalue weighted by Gasteiger charge is 2.31. The Hall–Kier alpha value is -6.56. The number of amides is 4. The highest BCUT2D eigenvalue weighted by atomic mass is 32.2. The van der Waals surface area contributed by atoms with Gasteiger partial charge in [-0.05, 0) is 92.9 Å². The molecule has 2 heterocycles. The lowest BCUT2D eigenvalue weighted by Crippen LogP contribution is -2.39. The van der Waals surface area contributed by atoms with Crippen LogP contribution < -0.4 is 25.4 Å². The summed E-state index contributed by atoms with van der Waals surface area (Å²) in [6, 6.07) is 32.2. The van der Waals surface area contributed by atoms with E-state index < -0.39 is 28.8 Å². The summed E-state index contributed by atoms with van der Waals surface area (Å²) in [5.41, 5.74) is 2.50. The molecule has 0 saturated carbocycles. The maximum atomic E-state index is 14.2. The molecule has 0 saturated heterocycles. The van der Waals surface area contributed by atoms with Crippen molar-refractivity contribution >= 4 is 63.7 Å². The number of carbonyl (C=O) groups excluding carboxylic acids is 4. The number of methoxy groups -OCH3 is 2. The fourth-order valence-electron chi connectivity index (χ4n) is 6.20. The molecule has 12 nitrogen and oxygen atoms in total. The van der Waals surface area contributed by atoms with Crippen molar-refractivity contribution < 1.29 is 33.4 Å². The van der Waals surface area contributed by atoms with Crippen molar-refractivity contribution in [3.05, 3.63) is 142 Å². The maximum Gasteiger partial charge on any atom is 0.410 e. The van der Waals surface area contributed by atoms with Crippen molar-refractivity contribution in [3.63, 3.8) is 0 Å². The fraction of sp³-hybridized carbons (Fsp3) is 0.222. The largest absolute Gasteiger partial charge is 0.497 e. The molecule has 0 bridgehead atoms. The Balaban J connectivity index is 1.24. The van der Waals surface area contributed by atoms with Crippen LogP contribution in [0.15, 0.2) is 114 Å². The van der Waals surface area contributed by atoms with Gasteiger partial charge in [-0.1, -0.05) is 54.6 Å². The molecule has 5 aromatic rings. The smallest absolute Gasteiger partial charge is 0.410 e. The van der Waals surface area contributed by atoms with Gasteiger partial charge < -0.3 is 35.1 Å². The van der Waals surface area contributed by atoms with Crippen LogP contribution in [0.5, 0.6) is 11.5 Å². The predicted octanol–water partition coefficient (Wildman–Crippen LogP) is 8.81. The van der Waals surface area contributed by atoms with E-state index in [0.29, 0.717) is 56.7 Å². The number of anilines is 2. The van der Waals surface area contributed by atoms with E-state index in [1.54, 1.807) is 71.6 Å². The number of hydrogen-bond donors (Lipinski definition) is 3. The van der Waals surface area contributed by atoms with Gasteiger partial charge in [0.1, 0.15) is 39.1 Å². The SMILES string of the molecule is COc1ccc(OC)c(/C=C(/NC(=O)c2ccccc2)C(=O)Nc2cccc(SC(C(=O)Nc3sc4c(c3C#N)CCN(C(=O)OC(C)(C)C)C4)c3ccccc3)c2)c1. The molecule has 302 valence electrons. The van der Waals surface area contributed by atoms with Crippen molar-refractivity contribution in [2.45, 2.75) is 49.5 Å². The first-order valence-corrected chi connectivity index (χ1v) is 20.3. The van der Waals surface area contributed by atoms with Gasteiger partial charge in [-0.2, -0.15) is 5.26 Å². The van der Waals surface area contributed by atoms with E-state index in [-0.39, 0.29) is 18.1 Å². The summed E-state index contributed by atoms with van der Waals surface area (Å²) < 4.78 is 16.5. The highest BCUT2D eigenvalue weighted by molar-refractivity contribution is 8.00. The van der Waals surface area contributed by atoms with E-state index in [9.17, 15) is 24.4 Å². The third kappa shape index (κ3) is 10.7. The molecule has 1 aliphatic rings. The minimum atomic E-state index is -0.757. The molecule has 0 fully saturated rings. The number of hydrogen-bond acceptors (Lipinski definition) is 10. The summed E-state index contributed by atoms with van der Waals surface area (Å²) in [5, 5.41) is 18.5. The normalized spacial score (nSPS) is 12.9. The number of fused-ring (bicyclic) bond motifs is 1. The van der Waals surface area contributed by atoms with Crippen molar-refractivity contribution in [2.24, 2.45) is 0 Å². The number of thiophene rings is 1. The Morgan fingerprint density at radius 3 is 2.31 bits per heavy atom. The lowest BCUT2D eigenvalue weighted by molar-refractivity contribution is -0.116. The molecule has 3 N–H and O–H groups in total. The molecule has 1 unspecified atom stereocenters. The van der Waals surface area contributed by atoms with Crippen LogP contribution in [0.25, 0.3) is 6.08 Å². The van der Waals surface area contributed by atoms with Crippen LogP contribution in [-0.4, -0.2) is 55.1 Å². The standard InChI is InChI=1S/C45H43N5O7S2/c1-45(2,3)57-44(54)50-22-21-34-35(26-46)43(59-38(34)27-50)49-42(53)39(28-13-8-6-9-14-28)58-33-18-12-17-31(25-33)47-41(52)36(48-40(51)29-15-10-7-11-16-29)24-30-23-32(55-4)19-20-37(30)56-5/h6-20,23-25,39H,21-22,27H2,1-5H3,(H,47,52)(H,48,51)(H,49,53)/b36-24+. The first-order chi connectivity index (χ1) is 28.3. The Kier molecular flexibility index (Phi) is 13.4. The van der Waals surface area contributed by atoms with Crippen LogP contribution in [0.1, 0.15) is 63.5 Å². The minimum absolute atomic E-state index is 0.0499. The zero-order chi connectivity index (χ0) is 42.1. The maximum absolute atomic E-state index is 14.2. The number of nitrogens with one attached hydrogen (secondary N) is 3. The number of rotatable bonds is 12. The van der Waals surface area contributed by atoms with Crippen LogP contribution in [0.4, 0.5) is 15.5 Å². The molecule has 1 atom stereocenters. The second kappa shape index (κ2) is 18.8. The number of thioether (sulfide) groups is 1. The number of ether oxygens (including phenoxy) is 3. The summed E-state index contributed by atoms with van der Waals surface area (Å²) >= 11 is 2.55. The second-order valence-corrected chi connectivity index (χ2v) is 16.6. The van der Waals surface area contributed by atoms with Crippen LogP contribution in [0.2, 0.25) is 0 Å². The van der Waals surface area contributed by atoms with Crippen molar-refractivity contribution in [2.75, 3.05) is 31.4 Å². The quantitative estimate of drug-likeness (QED) is 0.0825. The lowest BCUT2D eigenvalue weighted by Gasteiger charge is -2.29. The van der Waals surface area contributed by atoms with Gasteiger partial charge in [0.25, 0.3) is 11.8 Å². The second-order valence-electron chi connectivity index (χ2n) is 14.3. The first-order valence-electron chi connectivity index (χ1n) is 18.6. The van der Waals surface area contributed by atoms with E-state index >= 15 is 0 Å². The van der Waals surface area contributed by atoms with Crippen molar-refractivity contribution in [1.82, 2.24) is 10.2 Å². The molecule has 59 heavy (non-hydrogen) atoms. The monoisotopic (exact) mass is 829 g/mol. The van der Waals surface area contributed by atoms with Gasteiger partial charge in [0, 0.05) is 33.1 Å². The Labute approximate surface area is 351 Å². The molecular formula is C45H43N5O7S2. The van der Waals surface area contributed by atoms with Gasteiger partial charge in [-0.3, -0.25) is 14.4 Å². The van der Waals surface area contributed by atoms with Crippen LogP contribution in [0.3, 0.4) is 0 Å². The van der Waals surface area contributed by atoms with Gasteiger partial charge in [-0.15, -0.1) is 23.1 Å². The summed E-state index contributed by atoms with van der Waals surface area (Å²) in [5.74, 6) is -0.451. The average Bonchev–Trinajstić information content (AvgIpc) is 3.58. The van der Waals surface area contributed by atoms with Crippen LogP contribution in [-0.2, 0) is 27.3 Å². The molecule has 6 rings (SSSR count). The third-order valence-corrected chi connectivity index (χ3v) is 11.4. The molecule has 1 aromatic heterocycles. The minimum Gasteiger partial charge on any atom is -0.497 e. The molecule has 14 heteroatoms. The topological polar surface area (TPSA) is 159 Å². The van der Waals surface area contributed by atoms with Crippen molar-refractivity contribution in [3.8, 4) is 17.6 Å².